The molecule has 0 unspecified atom stereocenters. The molecule has 0 aliphatic heterocycles. The first-order valence-electron chi connectivity index (χ1n) is 7.39. The average molecular weight is 286 g/mol. The summed E-state index contributed by atoms with van der Waals surface area (Å²) in [6.07, 6.45) is 8.93. The number of carbonyl (C=O) groups excluding carboxylic acids is 1. The van der Waals surface area contributed by atoms with E-state index in [1.807, 2.05) is 0 Å². The van der Waals surface area contributed by atoms with E-state index in [4.69, 9.17) is 0 Å². The lowest BCUT2D eigenvalue weighted by atomic mass is 9.85. The van der Waals surface area contributed by atoms with Gasteiger partial charge in [0.2, 0.25) is 0 Å². The van der Waals surface area contributed by atoms with Crippen LogP contribution in [-0.4, -0.2) is 20.3 Å². The highest BCUT2D eigenvalue weighted by Crippen LogP contribution is 2.27. The van der Waals surface area contributed by atoms with Crippen LogP contribution in [0.2, 0.25) is 0 Å². The van der Waals surface area contributed by atoms with Crippen molar-refractivity contribution in [2.75, 3.05) is 0 Å². The zero-order chi connectivity index (χ0) is 14.8. The van der Waals surface area contributed by atoms with Crippen LogP contribution in [0.3, 0.4) is 0 Å². The third-order valence-electron chi connectivity index (χ3n) is 4.21. The summed E-state index contributed by atoms with van der Waals surface area (Å²) in [5.41, 5.74) is -0.114. The lowest BCUT2D eigenvalue weighted by Gasteiger charge is -2.20. The van der Waals surface area contributed by atoms with Gasteiger partial charge in [-0.3, -0.25) is 14.0 Å². The van der Waals surface area contributed by atoms with Crippen molar-refractivity contribution in [1.29, 1.82) is 0 Å². The zero-order valence-corrected chi connectivity index (χ0v) is 11.8. The first kappa shape index (κ1) is 13.8. The van der Waals surface area contributed by atoms with Crippen molar-refractivity contribution >= 4 is 11.4 Å². The summed E-state index contributed by atoms with van der Waals surface area (Å²) >= 11 is 0. The molecule has 0 atom stereocenters. The molecule has 0 bridgehead atoms. The molecule has 5 heteroatoms. The van der Waals surface area contributed by atoms with Crippen LogP contribution in [0.15, 0.2) is 29.3 Å². The quantitative estimate of drug-likeness (QED) is 0.880. The number of ketones is 1. The predicted molar refractivity (Wildman–Crippen MR) is 78.6 cm³/mol. The molecular weight excluding hydrogens is 268 g/mol. The maximum absolute atomic E-state index is 12.4. The molecule has 5 nitrogen and oxygen atoms in total. The first-order valence-corrected chi connectivity index (χ1v) is 7.39. The number of nitrogens with zero attached hydrogens (tertiary/aromatic N) is 2. The van der Waals surface area contributed by atoms with E-state index in [1.165, 1.54) is 42.1 Å². The number of hydrogen-bond donors (Lipinski definition) is 1. The second-order valence-electron chi connectivity index (χ2n) is 5.70. The van der Waals surface area contributed by atoms with Gasteiger partial charge in [-0.2, -0.15) is 0 Å². The molecule has 0 radical (unpaired) electrons. The monoisotopic (exact) mass is 286 g/mol. The van der Waals surface area contributed by atoms with E-state index < -0.39 is 5.56 Å². The highest BCUT2D eigenvalue weighted by Gasteiger charge is 2.21. The molecule has 0 saturated heterocycles. The Labute approximate surface area is 122 Å². The maximum Gasteiger partial charge on any atom is 0.268 e. The molecule has 3 rings (SSSR count). The molecule has 21 heavy (non-hydrogen) atoms. The van der Waals surface area contributed by atoms with Crippen molar-refractivity contribution in [2.45, 2.75) is 38.5 Å². The largest absolute Gasteiger partial charge is 0.504 e. The standard InChI is InChI=1S/C16H18N2O3/c19-13-7-4-8-18-15(13)17-10-12(16(18)21)14(20)9-11-5-2-1-3-6-11/h4,7-8,10-11,19H,1-3,5-6,9H2. The molecule has 1 fully saturated rings. The summed E-state index contributed by atoms with van der Waals surface area (Å²) in [6.45, 7) is 0. The van der Waals surface area contributed by atoms with E-state index in [0.717, 1.165) is 12.8 Å². The lowest BCUT2D eigenvalue weighted by Crippen LogP contribution is -2.24. The molecule has 1 N–H and O–H groups in total. The van der Waals surface area contributed by atoms with Gasteiger partial charge < -0.3 is 5.11 Å². The van der Waals surface area contributed by atoms with E-state index in [1.54, 1.807) is 6.07 Å². The van der Waals surface area contributed by atoms with Gasteiger partial charge in [-0.05, 0) is 18.1 Å². The average Bonchev–Trinajstić information content (AvgIpc) is 2.49. The molecular formula is C16H18N2O3. The summed E-state index contributed by atoms with van der Waals surface area (Å²) in [5.74, 6) is 0.175. The van der Waals surface area contributed by atoms with Crippen molar-refractivity contribution in [1.82, 2.24) is 9.38 Å². The molecule has 2 aromatic heterocycles. The molecule has 1 aliphatic rings. The molecule has 0 amide bonds. The highest BCUT2D eigenvalue weighted by molar-refractivity contribution is 5.95. The molecule has 2 aromatic rings. The Morgan fingerprint density at radius 3 is 2.86 bits per heavy atom. The topological polar surface area (TPSA) is 71.7 Å². The summed E-state index contributed by atoms with van der Waals surface area (Å²) in [6, 6.07) is 3.02. The van der Waals surface area contributed by atoms with Gasteiger partial charge >= 0.3 is 0 Å². The molecule has 110 valence electrons. The van der Waals surface area contributed by atoms with Crippen molar-refractivity contribution in [2.24, 2.45) is 5.92 Å². The van der Waals surface area contributed by atoms with Gasteiger partial charge in [0.05, 0.1) is 0 Å². The molecule has 1 aliphatic carbocycles. The van der Waals surface area contributed by atoms with Crippen molar-refractivity contribution in [3.05, 3.63) is 40.4 Å². The first-order chi connectivity index (χ1) is 10.2. The lowest BCUT2D eigenvalue weighted by molar-refractivity contribution is 0.0948. The van der Waals surface area contributed by atoms with Crippen molar-refractivity contribution in [3.8, 4) is 5.75 Å². The number of aromatic nitrogens is 2. The van der Waals surface area contributed by atoms with Gasteiger partial charge in [0.15, 0.2) is 17.2 Å². The van der Waals surface area contributed by atoms with E-state index in [9.17, 15) is 14.7 Å². The van der Waals surface area contributed by atoms with Crippen molar-refractivity contribution < 1.29 is 9.90 Å². The van der Waals surface area contributed by atoms with Gasteiger partial charge in [-0.1, -0.05) is 32.1 Å². The van der Waals surface area contributed by atoms with E-state index in [0.29, 0.717) is 12.3 Å². The van der Waals surface area contributed by atoms with Gasteiger partial charge in [-0.25, -0.2) is 4.98 Å². The Balaban J connectivity index is 1.91. The van der Waals surface area contributed by atoms with E-state index in [2.05, 4.69) is 4.98 Å². The van der Waals surface area contributed by atoms with Gasteiger partial charge in [-0.15, -0.1) is 0 Å². The van der Waals surface area contributed by atoms with Crippen LogP contribution in [-0.2, 0) is 0 Å². The van der Waals surface area contributed by atoms with Crippen molar-refractivity contribution in [3.63, 3.8) is 0 Å². The number of hydrogen-bond acceptors (Lipinski definition) is 4. The second-order valence-corrected chi connectivity index (χ2v) is 5.70. The minimum Gasteiger partial charge on any atom is -0.504 e. The summed E-state index contributed by atoms with van der Waals surface area (Å²) in [5, 5.41) is 9.68. The van der Waals surface area contributed by atoms with Crippen LogP contribution in [0.4, 0.5) is 0 Å². The summed E-state index contributed by atoms with van der Waals surface area (Å²) in [7, 11) is 0. The van der Waals surface area contributed by atoms with E-state index >= 15 is 0 Å². The Hall–Kier alpha value is -2.17. The van der Waals surface area contributed by atoms with Crippen LogP contribution in [0.1, 0.15) is 48.9 Å². The number of pyridine rings is 1. The maximum atomic E-state index is 12.4. The predicted octanol–water partition coefficient (Wildman–Crippen LogP) is 2.55. The Bertz CT molecular complexity index is 730. The zero-order valence-electron chi connectivity index (χ0n) is 11.8. The minimum absolute atomic E-state index is 0.0686. The van der Waals surface area contributed by atoms with Crippen LogP contribution in [0, 0.1) is 5.92 Å². The Kier molecular flexibility index (Phi) is 3.73. The van der Waals surface area contributed by atoms with Gasteiger partial charge in [0.1, 0.15) is 5.56 Å². The number of carbonyl (C=O) groups is 1. The fourth-order valence-electron chi connectivity index (χ4n) is 3.05. The fraction of sp³-hybridized carbons (Fsp3) is 0.438. The fourth-order valence-corrected chi connectivity index (χ4v) is 3.05. The number of aromatic hydroxyl groups is 1. The SMILES string of the molecule is O=C(CC1CCCCC1)c1cnc2c(O)cccn2c1=O. The van der Waals surface area contributed by atoms with Crippen LogP contribution >= 0.6 is 0 Å². The van der Waals surface area contributed by atoms with Crippen LogP contribution in [0.25, 0.3) is 5.65 Å². The van der Waals surface area contributed by atoms with E-state index in [-0.39, 0.29) is 22.7 Å². The minimum atomic E-state index is -0.406. The second kappa shape index (κ2) is 5.68. The Morgan fingerprint density at radius 1 is 1.33 bits per heavy atom. The normalized spacial score (nSPS) is 16.2. The molecule has 1 saturated carbocycles. The number of Topliss-reactive ketones (excluding diaryl/α,β-unsaturated/α-hetero) is 1. The molecule has 2 heterocycles. The highest BCUT2D eigenvalue weighted by atomic mass is 16.3. The summed E-state index contributed by atoms with van der Waals surface area (Å²) in [4.78, 5) is 28.7. The summed E-state index contributed by atoms with van der Waals surface area (Å²) < 4.78 is 1.23. The van der Waals surface area contributed by atoms with Gasteiger partial charge in [0.25, 0.3) is 5.56 Å². The van der Waals surface area contributed by atoms with Gasteiger partial charge in [0, 0.05) is 18.8 Å². The van der Waals surface area contributed by atoms with Crippen LogP contribution in [0.5, 0.6) is 5.75 Å². The number of rotatable bonds is 3. The molecule has 0 aromatic carbocycles. The smallest absolute Gasteiger partial charge is 0.268 e. The third kappa shape index (κ3) is 2.68. The number of fused-ring (bicyclic) bond motifs is 1. The Morgan fingerprint density at radius 2 is 2.10 bits per heavy atom. The molecule has 0 spiro atoms. The van der Waals surface area contributed by atoms with Crippen LogP contribution < -0.4 is 5.56 Å². The third-order valence-corrected chi connectivity index (χ3v) is 4.21.